The van der Waals surface area contributed by atoms with Gasteiger partial charge in [-0.15, -0.1) is 24.8 Å². The summed E-state index contributed by atoms with van der Waals surface area (Å²) in [6.07, 6.45) is 0. The molecule has 10 heteroatoms. The van der Waals surface area contributed by atoms with Crippen LogP contribution in [0.4, 0.5) is 0 Å². The van der Waals surface area contributed by atoms with E-state index in [9.17, 15) is 16.8 Å². The van der Waals surface area contributed by atoms with E-state index in [4.69, 9.17) is 9.11 Å². The molecule has 0 aliphatic rings. The van der Waals surface area contributed by atoms with Crippen LogP contribution in [-0.2, 0) is 20.2 Å². The summed E-state index contributed by atoms with van der Waals surface area (Å²) >= 11 is 0. The number of halogens is 2. The van der Waals surface area contributed by atoms with Gasteiger partial charge in [-0.1, -0.05) is 6.07 Å². The van der Waals surface area contributed by atoms with E-state index in [1.54, 1.807) is 0 Å². The molecule has 0 amide bonds. The third kappa shape index (κ3) is 4.64. The fraction of sp³-hybridized carbons (Fsp3) is 0. The van der Waals surface area contributed by atoms with Gasteiger partial charge in [0.25, 0.3) is 20.2 Å². The fourth-order valence-corrected chi connectivity index (χ4v) is 1.92. The first-order valence-electron chi connectivity index (χ1n) is 3.26. The van der Waals surface area contributed by atoms with Crippen LogP contribution in [0.5, 0.6) is 0 Å². The van der Waals surface area contributed by atoms with Crippen molar-refractivity contribution in [3.63, 3.8) is 0 Å². The maximum absolute atomic E-state index is 10.6. The molecule has 0 atom stereocenters. The van der Waals surface area contributed by atoms with Crippen molar-refractivity contribution in [2.24, 2.45) is 0 Å². The van der Waals surface area contributed by atoms with Gasteiger partial charge < -0.3 is 0 Å². The van der Waals surface area contributed by atoms with Crippen LogP contribution in [0.1, 0.15) is 0 Å². The van der Waals surface area contributed by atoms with E-state index in [0.29, 0.717) is 6.07 Å². The topological polar surface area (TPSA) is 109 Å². The second-order valence-corrected chi connectivity index (χ2v) is 5.27. The zero-order valence-electron chi connectivity index (χ0n) is 7.47. The summed E-state index contributed by atoms with van der Waals surface area (Å²) in [5.74, 6) is 0. The summed E-state index contributed by atoms with van der Waals surface area (Å²) in [5.41, 5.74) is 0. The largest absolute Gasteiger partial charge is 0.294 e. The first kappa shape index (κ1) is 18.0. The zero-order chi connectivity index (χ0) is 11.0. The van der Waals surface area contributed by atoms with Crippen molar-refractivity contribution in [1.29, 1.82) is 0 Å². The molecule has 1 aromatic rings. The number of benzene rings is 1. The van der Waals surface area contributed by atoms with Crippen LogP contribution in [0.25, 0.3) is 0 Å². The molecule has 94 valence electrons. The smallest absolute Gasteiger partial charge is 0.282 e. The van der Waals surface area contributed by atoms with Gasteiger partial charge in [0.1, 0.15) is 0 Å². The number of hydrogen-bond acceptors (Lipinski definition) is 4. The van der Waals surface area contributed by atoms with Gasteiger partial charge in [-0.05, 0) is 18.2 Å². The molecule has 0 bridgehead atoms. The maximum atomic E-state index is 10.6. The van der Waals surface area contributed by atoms with Crippen LogP contribution in [0.15, 0.2) is 34.1 Å². The van der Waals surface area contributed by atoms with Crippen molar-refractivity contribution in [2.45, 2.75) is 9.79 Å². The van der Waals surface area contributed by atoms with E-state index in [1.165, 1.54) is 0 Å². The molecule has 6 nitrogen and oxygen atoms in total. The summed E-state index contributed by atoms with van der Waals surface area (Å²) in [4.78, 5) is -1.18. The molecule has 0 spiro atoms. The molecule has 0 fully saturated rings. The third-order valence-corrected chi connectivity index (χ3v) is 3.10. The molecule has 0 aliphatic carbocycles. The summed E-state index contributed by atoms with van der Waals surface area (Å²) in [6.45, 7) is 0. The Labute approximate surface area is 105 Å². The van der Waals surface area contributed by atoms with Crippen molar-refractivity contribution >= 4 is 45.1 Å². The second kappa shape index (κ2) is 5.80. The van der Waals surface area contributed by atoms with Crippen LogP contribution >= 0.6 is 24.8 Å². The van der Waals surface area contributed by atoms with Gasteiger partial charge in [-0.25, -0.2) is 0 Å². The first-order valence-corrected chi connectivity index (χ1v) is 6.14. The van der Waals surface area contributed by atoms with E-state index in [0.717, 1.165) is 18.2 Å². The molecule has 2 N–H and O–H groups in total. The molecule has 0 heterocycles. The van der Waals surface area contributed by atoms with E-state index < -0.39 is 30.0 Å². The Morgan fingerprint density at radius 2 is 1.12 bits per heavy atom. The van der Waals surface area contributed by atoms with Crippen LogP contribution in [-0.4, -0.2) is 25.9 Å². The lowest BCUT2D eigenvalue weighted by molar-refractivity contribution is 0.481. The highest BCUT2D eigenvalue weighted by molar-refractivity contribution is 7.86. The van der Waals surface area contributed by atoms with Crippen LogP contribution in [0.3, 0.4) is 0 Å². The molecule has 0 unspecified atom stereocenters. The lowest BCUT2D eigenvalue weighted by atomic mass is 10.4. The molecule has 16 heavy (non-hydrogen) atoms. The molecule has 0 aliphatic heterocycles. The summed E-state index contributed by atoms with van der Waals surface area (Å²) in [5, 5.41) is 0. The van der Waals surface area contributed by atoms with E-state index in [-0.39, 0.29) is 24.8 Å². The normalized spacial score (nSPS) is 11.1. The molecule has 1 aromatic carbocycles. The highest BCUT2D eigenvalue weighted by Crippen LogP contribution is 2.14. The Balaban J connectivity index is 0. The van der Waals surface area contributed by atoms with Crippen molar-refractivity contribution in [1.82, 2.24) is 0 Å². The molecule has 0 radical (unpaired) electrons. The van der Waals surface area contributed by atoms with Crippen molar-refractivity contribution in [3.8, 4) is 0 Å². The SMILES string of the molecule is Cl.Cl.O=S(=O)(O)c1cccc(S(=O)(=O)O)c1. The predicted octanol–water partition coefficient (Wildman–Crippen LogP) is 1.02. The number of hydrogen-bond donors (Lipinski definition) is 2. The van der Waals surface area contributed by atoms with Crippen molar-refractivity contribution < 1.29 is 25.9 Å². The van der Waals surface area contributed by atoms with E-state index in [1.807, 2.05) is 0 Å². The Hall–Kier alpha value is -0.380. The highest BCUT2D eigenvalue weighted by Gasteiger charge is 2.15. The van der Waals surface area contributed by atoms with Crippen LogP contribution < -0.4 is 0 Å². The van der Waals surface area contributed by atoms with E-state index in [2.05, 4.69) is 0 Å². The highest BCUT2D eigenvalue weighted by atomic mass is 35.5. The molecule has 0 saturated carbocycles. The van der Waals surface area contributed by atoms with Gasteiger partial charge in [0.15, 0.2) is 0 Å². The average Bonchev–Trinajstić information content (AvgIpc) is 2.01. The second-order valence-electron chi connectivity index (χ2n) is 2.42. The Kier molecular flexibility index (Phi) is 6.53. The third-order valence-electron chi connectivity index (χ3n) is 1.40. The maximum Gasteiger partial charge on any atom is 0.294 e. The number of rotatable bonds is 2. The van der Waals surface area contributed by atoms with Gasteiger partial charge in [0, 0.05) is 0 Å². The van der Waals surface area contributed by atoms with Gasteiger partial charge in [0.2, 0.25) is 0 Å². The minimum atomic E-state index is -4.46. The Morgan fingerprint density at radius 3 is 1.38 bits per heavy atom. The fourth-order valence-electron chi connectivity index (χ4n) is 0.795. The Bertz CT molecular complexity index is 503. The van der Waals surface area contributed by atoms with Crippen molar-refractivity contribution in [3.05, 3.63) is 24.3 Å². The zero-order valence-corrected chi connectivity index (χ0v) is 10.7. The predicted molar refractivity (Wildman–Crippen MR) is 60.6 cm³/mol. The van der Waals surface area contributed by atoms with E-state index >= 15 is 0 Å². The standard InChI is InChI=1S/C6H6O6S2.2ClH/c7-13(8,9)5-2-1-3-6(4-5)14(10,11)12;;/h1-4H,(H,7,8,9)(H,10,11,12);2*1H. The molecule has 0 aromatic heterocycles. The Morgan fingerprint density at radius 1 is 0.812 bits per heavy atom. The lowest BCUT2D eigenvalue weighted by Crippen LogP contribution is -2.02. The van der Waals surface area contributed by atoms with Crippen LogP contribution in [0, 0.1) is 0 Å². The van der Waals surface area contributed by atoms with Gasteiger partial charge in [-0.3, -0.25) is 9.11 Å². The summed E-state index contributed by atoms with van der Waals surface area (Å²) < 4.78 is 59.5. The van der Waals surface area contributed by atoms with Crippen molar-refractivity contribution in [2.75, 3.05) is 0 Å². The molecule has 1 rings (SSSR count). The minimum Gasteiger partial charge on any atom is -0.282 e. The lowest BCUT2D eigenvalue weighted by Gasteiger charge is -1.99. The minimum absolute atomic E-state index is 0. The van der Waals surface area contributed by atoms with Gasteiger partial charge in [0.05, 0.1) is 9.79 Å². The summed E-state index contributed by atoms with van der Waals surface area (Å²) in [6, 6.07) is 3.75. The van der Waals surface area contributed by atoms with Gasteiger partial charge >= 0.3 is 0 Å². The first-order chi connectivity index (χ1) is 6.21. The van der Waals surface area contributed by atoms with Crippen LogP contribution in [0.2, 0.25) is 0 Å². The van der Waals surface area contributed by atoms with Gasteiger partial charge in [-0.2, -0.15) is 16.8 Å². The average molecular weight is 311 g/mol. The monoisotopic (exact) mass is 310 g/mol. The molecular formula is C6H8Cl2O6S2. The quantitative estimate of drug-likeness (QED) is 0.789. The molecule has 0 saturated heterocycles. The summed E-state index contributed by atoms with van der Waals surface area (Å²) in [7, 11) is -8.92. The molecular weight excluding hydrogens is 303 g/mol.